The number of halogens is 3. The van der Waals surface area contributed by atoms with E-state index in [0.717, 1.165) is 5.57 Å². The molecule has 0 bridgehead atoms. The lowest BCUT2D eigenvalue weighted by Gasteiger charge is -2.09. The van der Waals surface area contributed by atoms with Crippen molar-refractivity contribution in [2.45, 2.75) is 13.8 Å². The van der Waals surface area contributed by atoms with Crippen LogP contribution in [0.25, 0.3) is 0 Å². The summed E-state index contributed by atoms with van der Waals surface area (Å²) in [5.74, 6) is -1.14. The second kappa shape index (κ2) is 7.53. The first-order chi connectivity index (χ1) is 9.29. The number of carbonyl (C=O) groups is 2. The van der Waals surface area contributed by atoms with E-state index in [1.54, 1.807) is 13.8 Å². The maximum absolute atomic E-state index is 11.6. The molecule has 0 radical (unpaired) electrons. The van der Waals surface area contributed by atoms with Crippen LogP contribution in [-0.4, -0.2) is 18.5 Å². The number of hydrogen-bond acceptors (Lipinski definition) is 3. The molecular weight excluding hydrogens is 325 g/mol. The van der Waals surface area contributed by atoms with Gasteiger partial charge in [0.25, 0.3) is 5.91 Å². The topological polar surface area (TPSA) is 55.4 Å². The molecule has 0 spiro atoms. The van der Waals surface area contributed by atoms with Gasteiger partial charge < -0.3 is 10.1 Å². The number of hydrogen-bond donors (Lipinski definition) is 1. The Morgan fingerprint density at radius 1 is 1.20 bits per heavy atom. The molecule has 20 heavy (non-hydrogen) atoms. The van der Waals surface area contributed by atoms with Crippen LogP contribution in [0.2, 0.25) is 15.1 Å². The zero-order valence-electron chi connectivity index (χ0n) is 10.8. The van der Waals surface area contributed by atoms with Crippen LogP contribution in [0.1, 0.15) is 13.8 Å². The van der Waals surface area contributed by atoms with Crippen LogP contribution in [-0.2, 0) is 14.3 Å². The van der Waals surface area contributed by atoms with E-state index in [2.05, 4.69) is 5.32 Å². The SMILES string of the molecule is CC(C)=CC(=O)OCC(=O)Nc1c(Cl)cc(Cl)cc1Cl. The van der Waals surface area contributed by atoms with Crippen molar-refractivity contribution in [2.24, 2.45) is 0 Å². The highest BCUT2D eigenvalue weighted by Gasteiger charge is 2.12. The third-order valence-corrected chi connectivity index (χ3v) is 2.84. The lowest BCUT2D eigenvalue weighted by molar-refractivity contribution is -0.142. The summed E-state index contributed by atoms with van der Waals surface area (Å²) < 4.78 is 4.75. The van der Waals surface area contributed by atoms with E-state index in [9.17, 15) is 9.59 Å². The van der Waals surface area contributed by atoms with Crippen molar-refractivity contribution in [3.63, 3.8) is 0 Å². The summed E-state index contributed by atoms with van der Waals surface area (Å²) in [6.07, 6.45) is 1.29. The van der Waals surface area contributed by atoms with Gasteiger partial charge in [-0.15, -0.1) is 0 Å². The predicted octanol–water partition coefficient (Wildman–Crippen LogP) is 4.09. The first-order valence-corrected chi connectivity index (χ1v) is 6.69. The molecule has 0 saturated heterocycles. The average Bonchev–Trinajstić information content (AvgIpc) is 2.30. The van der Waals surface area contributed by atoms with Crippen molar-refractivity contribution in [3.05, 3.63) is 38.8 Å². The van der Waals surface area contributed by atoms with Crippen LogP contribution < -0.4 is 5.32 Å². The summed E-state index contributed by atoms with van der Waals surface area (Å²) in [4.78, 5) is 22.9. The monoisotopic (exact) mass is 335 g/mol. The minimum atomic E-state index is -0.589. The van der Waals surface area contributed by atoms with E-state index >= 15 is 0 Å². The molecule has 7 heteroatoms. The molecule has 0 fully saturated rings. The average molecular weight is 337 g/mol. The Hall–Kier alpha value is -1.23. The maximum Gasteiger partial charge on any atom is 0.331 e. The summed E-state index contributed by atoms with van der Waals surface area (Å²) in [5, 5.41) is 3.21. The molecule has 1 amide bonds. The van der Waals surface area contributed by atoms with Crippen LogP contribution in [0, 0.1) is 0 Å². The smallest absolute Gasteiger partial charge is 0.331 e. The maximum atomic E-state index is 11.6. The van der Waals surface area contributed by atoms with Crippen LogP contribution in [0.15, 0.2) is 23.8 Å². The van der Waals surface area contributed by atoms with Crippen molar-refractivity contribution in [1.29, 1.82) is 0 Å². The van der Waals surface area contributed by atoms with Crippen molar-refractivity contribution in [3.8, 4) is 0 Å². The zero-order chi connectivity index (χ0) is 15.3. The van der Waals surface area contributed by atoms with E-state index in [0.29, 0.717) is 5.02 Å². The number of rotatable bonds is 4. The minimum absolute atomic E-state index is 0.200. The van der Waals surface area contributed by atoms with Gasteiger partial charge in [-0.25, -0.2) is 4.79 Å². The number of benzene rings is 1. The summed E-state index contributed by atoms with van der Waals surface area (Å²) in [5.41, 5.74) is 1.00. The first-order valence-electron chi connectivity index (χ1n) is 5.55. The number of allylic oxidation sites excluding steroid dienone is 1. The Labute approximate surface area is 131 Å². The number of anilines is 1. The van der Waals surface area contributed by atoms with Crippen LogP contribution in [0.5, 0.6) is 0 Å². The lowest BCUT2D eigenvalue weighted by atomic mass is 10.3. The molecule has 4 nitrogen and oxygen atoms in total. The molecule has 0 aromatic heterocycles. The van der Waals surface area contributed by atoms with Gasteiger partial charge in [0.1, 0.15) is 0 Å². The van der Waals surface area contributed by atoms with Crippen LogP contribution in [0.4, 0.5) is 5.69 Å². The Balaban J connectivity index is 2.64. The molecule has 1 N–H and O–H groups in total. The van der Waals surface area contributed by atoms with Gasteiger partial charge in [-0.2, -0.15) is 0 Å². The fourth-order valence-corrected chi connectivity index (χ4v) is 2.16. The highest BCUT2D eigenvalue weighted by molar-refractivity contribution is 6.42. The summed E-state index contributed by atoms with van der Waals surface area (Å²) in [6.45, 7) is 3.06. The van der Waals surface area contributed by atoms with Gasteiger partial charge in [0, 0.05) is 11.1 Å². The molecule has 0 saturated carbocycles. The first kappa shape index (κ1) is 16.8. The number of ether oxygens (including phenoxy) is 1. The molecule has 0 atom stereocenters. The summed E-state index contributed by atoms with van der Waals surface area (Å²) >= 11 is 17.6. The van der Waals surface area contributed by atoms with E-state index in [-0.39, 0.29) is 15.7 Å². The van der Waals surface area contributed by atoms with Crippen molar-refractivity contribution in [2.75, 3.05) is 11.9 Å². The van der Waals surface area contributed by atoms with Gasteiger partial charge in [-0.1, -0.05) is 40.4 Å². The van der Waals surface area contributed by atoms with Gasteiger partial charge in [-0.3, -0.25) is 4.79 Å². The van der Waals surface area contributed by atoms with Gasteiger partial charge in [0.2, 0.25) is 0 Å². The van der Waals surface area contributed by atoms with E-state index in [4.69, 9.17) is 39.5 Å². The quantitative estimate of drug-likeness (QED) is 0.665. The fourth-order valence-electron chi connectivity index (χ4n) is 1.25. The Morgan fingerprint density at radius 3 is 2.25 bits per heavy atom. The highest BCUT2D eigenvalue weighted by Crippen LogP contribution is 2.33. The van der Waals surface area contributed by atoms with E-state index in [1.807, 2.05) is 0 Å². The van der Waals surface area contributed by atoms with Crippen molar-refractivity contribution < 1.29 is 14.3 Å². The molecule has 0 unspecified atom stereocenters. The molecule has 108 valence electrons. The second-order valence-electron chi connectivity index (χ2n) is 4.12. The van der Waals surface area contributed by atoms with E-state index in [1.165, 1.54) is 18.2 Å². The largest absolute Gasteiger partial charge is 0.452 e. The molecule has 0 heterocycles. The molecule has 0 aliphatic carbocycles. The molecule has 1 rings (SSSR count). The summed E-state index contributed by atoms with van der Waals surface area (Å²) in [7, 11) is 0. The highest BCUT2D eigenvalue weighted by atomic mass is 35.5. The van der Waals surface area contributed by atoms with Crippen molar-refractivity contribution >= 4 is 52.4 Å². The van der Waals surface area contributed by atoms with Crippen LogP contribution in [0.3, 0.4) is 0 Å². The Kier molecular flexibility index (Phi) is 6.33. The molecule has 1 aromatic carbocycles. The van der Waals surface area contributed by atoms with Gasteiger partial charge in [-0.05, 0) is 26.0 Å². The Morgan fingerprint density at radius 2 is 1.75 bits per heavy atom. The summed E-state index contributed by atoms with van der Waals surface area (Å²) in [6, 6.07) is 2.89. The third kappa shape index (κ3) is 5.41. The third-order valence-electron chi connectivity index (χ3n) is 2.02. The number of esters is 1. The molecule has 0 aliphatic rings. The molecule has 1 aromatic rings. The number of amides is 1. The normalized spacial score (nSPS) is 9.85. The predicted molar refractivity (Wildman–Crippen MR) is 80.5 cm³/mol. The van der Waals surface area contributed by atoms with Gasteiger partial charge in [0.15, 0.2) is 6.61 Å². The zero-order valence-corrected chi connectivity index (χ0v) is 13.1. The van der Waals surface area contributed by atoms with Crippen molar-refractivity contribution in [1.82, 2.24) is 0 Å². The van der Waals surface area contributed by atoms with E-state index < -0.39 is 18.5 Å². The van der Waals surface area contributed by atoms with Gasteiger partial charge >= 0.3 is 5.97 Å². The number of nitrogens with one attached hydrogen (secondary N) is 1. The Bertz CT molecular complexity index is 543. The lowest BCUT2D eigenvalue weighted by Crippen LogP contribution is -2.20. The molecule has 0 aliphatic heterocycles. The van der Waals surface area contributed by atoms with Crippen LogP contribution >= 0.6 is 34.8 Å². The standard InChI is InChI=1S/C13H12Cl3NO3/c1-7(2)3-12(19)20-6-11(18)17-13-9(15)4-8(14)5-10(13)16/h3-5H,6H2,1-2H3,(H,17,18). The molecular formula is C13H12Cl3NO3. The van der Waals surface area contributed by atoms with Gasteiger partial charge in [0.05, 0.1) is 15.7 Å². The second-order valence-corrected chi connectivity index (χ2v) is 5.37. The number of carbonyl (C=O) groups excluding carboxylic acids is 2. The fraction of sp³-hybridized carbons (Fsp3) is 0.231. The minimum Gasteiger partial charge on any atom is -0.452 e.